The lowest BCUT2D eigenvalue weighted by Crippen LogP contribution is -2.31. The number of sulfonamides is 1. The van der Waals surface area contributed by atoms with Gasteiger partial charge in [0, 0.05) is 14.9 Å². The first-order valence-corrected chi connectivity index (χ1v) is 10.0. The van der Waals surface area contributed by atoms with Crippen LogP contribution in [0.15, 0.2) is 64.9 Å². The smallest absolute Gasteiger partial charge is 0.262 e. The lowest BCUT2D eigenvalue weighted by atomic mass is 10.3. The molecule has 0 fully saturated rings. The second-order valence-electron chi connectivity index (χ2n) is 4.63. The van der Waals surface area contributed by atoms with Crippen molar-refractivity contribution in [3.8, 4) is 0 Å². The molecule has 0 unspecified atom stereocenters. The molecule has 0 atom stereocenters. The molecule has 0 spiro atoms. The topological polar surface area (TPSA) is 37.4 Å². The number of hydrogen-bond donors (Lipinski definition) is 0. The normalized spacial score (nSPS) is 11.3. The van der Waals surface area contributed by atoms with Gasteiger partial charge in [0.05, 0.1) is 17.1 Å². The van der Waals surface area contributed by atoms with Crippen LogP contribution in [-0.4, -0.2) is 21.2 Å². The van der Waals surface area contributed by atoms with Crippen molar-refractivity contribution in [2.24, 2.45) is 0 Å². The minimum absolute atomic E-state index is 0.114. The van der Waals surface area contributed by atoms with Gasteiger partial charge in [-0.3, -0.25) is 4.31 Å². The number of benzene rings is 2. The van der Waals surface area contributed by atoms with Crippen molar-refractivity contribution < 1.29 is 8.42 Å². The van der Waals surface area contributed by atoms with E-state index in [-0.39, 0.29) is 11.4 Å². The third-order valence-electron chi connectivity index (χ3n) is 3.08. The minimum atomic E-state index is -3.74. The summed E-state index contributed by atoms with van der Waals surface area (Å²) in [5.74, 6) is 0. The average molecular weight is 388 g/mol. The fraction of sp³-hybridized carbons (Fsp3) is 0.125. The summed E-state index contributed by atoms with van der Waals surface area (Å²) in [6.07, 6.45) is 3.45. The molecule has 2 aromatic rings. The monoisotopic (exact) mass is 387 g/mol. The highest BCUT2D eigenvalue weighted by Crippen LogP contribution is 2.30. The molecular weight excluding hydrogens is 373 g/mol. The van der Waals surface area contributed by atoms with Gasteiger partial charge in [-0.25, -0.2) is 8.42 Å². The molecule has 23 heavy (non-hydrogen) atoms. The maximum atomic E-state index is 12.9. The molecule has 0 bridgehead atoms. The molecular formula is C16H15Cl2NO2S2. The number of halogens is 2. The molecule has 122 valence electrons. The Kier molecular flexibility index (Phi) is 6.03. The zero-order chi connectivity index (χ0) is 17.0. The Morgan fingerprint density at radius 3 is 2.17 bits per heavy atom. The first-order valence-electron chi connectivity index (χ1n) is 6.62. The second kappa shape index (κ2) is 7.62. The Balaban J connectivity index is 2.51. The maximum Gasteiger partial charge on any atom is 0.264 e. The standard InChI is InChI=1S/C16H15Cl2NO2S2/c1-3-8-19(14-10-12(17)9-13(18)11-14)23(20,21)16-6-4-15(22-2)5-7-16/h3-7,9-11H,1,8H2,2H3. The predicted octanol–water partition coefficient (Wildman–Crippen LogP) is 5.10. The number of anilines is 1. The van der Waals surface area contributed by atoms with E-state index in [0.29, 0.717) is 15.7 Å². The predicted molar refractivity (Wildman–Crippen MR) is 99.4 cm³/mol. The van der Waals surface area contributed by atoms with E-state index < -0.39 is 10.0 Å². The molecule has 0 saturated heterocycles. The Hall–Kier alpha value is -1.14. The maximum absolute atomic E-state index is 12.9. The van der Waals surface area contributed by atoms with E-state index in [1.807, 2.05) is 6.26 Å². The van der Waals surface area contributed by atoms with Crippen LogP contribution in [0.4, 0.5) is 5.69 Å². The van der Waals surface area contributed by atoms with Gasteiger partial charge in [0.2, 0.25) is 0 Å². The van der Waals surface area contributed by atoms with Crippen LogP contribution in [0.1, 0.15) is 0 Å². The number of nitrogens with zero attached hydrogens (tertiary/aromatic N) is 1. The Morgan fingerprint density at radius 1 is 1.13 bits per heavy atom. The second-order valence-corrected chi connectivity index (χ2v) is 8.24. The molecule has 0 heterocycles. The van der Waals surface area contributed by atoms with Gasteiger partial charge in [0.25, 0.3) is 10.0 Å². The zero-order valence-electron chi connectivity index (χ0n) is 12.4. The van der Waals surface area contributed by atoms with Gasteiger partial charge in [0.15, 0.2) is 0 Å². The molecule has 3 nitrogen and oxygen atoms in total. The number of rotatable bonds is 6. The minimum Gasteiger partial charge on any atom is -0.262 e. The summed E-state index contributed by atoms with van der Waals surface area (Å²) >= 11 is 13.5. The van der Waals surface area contributed by atoms with Gasteiger partial charge in [-0.1, -0.05) is 29.3 Å². The van der Waals surface area contributed by atoms with Gasteiger partial charge < -0.3 is 0 Å². The summed E-state index contributed by atoms with van der Waals surface area (Å²) in [5, 5.41) is 0.740. The van der Waals surface area contributed by atoms with Crippen molar-refractivity contribution in [3.63, 3.8) is 0 Å². The van der Waals surface area contributed by atoms with E-state index >= 15 is 0 Å². The third-order valence-corrected chi connectivity index (χ3v) is 6.07. The lowest BCUT2D eigenvalue weighted by Gasteiger charge is -2.23. The average Bonchev–Trinajstić information content (AvgIpc) is 2.51. The molecule has 7 heteroatoms. The van der Waals surface area contributed by atoms with Crippen LogP contribution in [0.5, 0.6) is 0 Å². The van der Waals surface area contributed by atoms with E-state index in [2.05, 4.69) is 6.58 Å². The van der Waals surface area contributed by atoms with Crippen LogP contribution in [0.3, 0.4) is 0 Å². The van der Waals surface area contributed by atoms with Gasteiger partial charge in [-0.05, 0) is 48.7 Å². The van der Waals surface area contributed by atoms with E-state index in [1.54, 1.807) is 54.2 Å². The Morgan fingerprint density at radius 2 is 1.70 bits per heavy atom. The van der Waals surface area contributed by atoms with Crippen LogP contribution in [-0.2, 0) is 10.0 Å². The molecule has 0 aliphatic rings. The summed E-state index contributed by atoms with van der Waals surface area (Å²) in [7, 11) is -3.74. The highest BCUT2D eigenvalue weighted by atomic mass is 35.5. The summed E-state index contributed by atoms with van der Waals surface area (Å²) < 4.78 is 27.1. The third kappa shape index (κ3) is 4.23. The van der Waals surface area contributed by atoms with Crippen LogP contribution in [0.2, 0.25) is 10.0 Å². The van der Waals surface area contributed by atoms with Crippen molar-refractivity contribution in [3.05, 3.63) is 65.2 Å². The fourth-order valence-corrected chi connectivity index (χ4v) is 4.36. The zero-order valence-corrected chi connectivity index (χ0v) is 15.5. The van der Waals surface area contributed by atoms with E-state index in [9.17, 15) is 8.42 Å². The molecule has 0 amide bonds. The quantitative estimate of drug-likeness (QED) is 0.511. The van der Waals surface area contributed by atoms with Gasteiger partial charge in [-0.2, -0.15) is 0 Å². The van der Waals surface area contributed by atoms with Crippen molar-refractivity contribution in [1.29, 1.82) is 0 Å². The summed E-state index contributed by atoms with van der Waals surface area (Å²) in [6.45, 7) is 3.74. The molecule has 2 rings (SSSR count). The van der Waals surface area contributed by atoms with Gasteiger partial charge in [-0.15, -0.1) is 18.3 Å². The molecule has 0 saturated carbocycles. The summed E-state index contributed by atoms with van der Waals surface area (Å²) in [6, 6.07) is 11.4. The van der Waals surface area contributed by atoms with Crippen LogP contribution in [0, 0.1) is 0 Å². The highest BCUT2D eigenvalue weighted by molar-refractivity contribution is 7.98. The fourth-order valence-electron chi connectivity index (χ4n) is 2.02. The Bertz CT molecular complexity index is 785. The molecule has 0 aromatic heterocycles. The van der Waals surface area contributed by atoms with Crippen LogP contribution in [0.25, 0.3) is 0 Å². The van der Waals surface area contributed by atoms with Crippen LogP contribution >= 0.6 is 35.0 Å². The molecule has 0 aliphatic carbocycles. The number of thioether (sulfide) groups is 1. The SMILES string of the molecule is C=CCN(c1cc(Cl)cc(Cl)c1)S(=O)(=O)c1ccc(SC)cc1. The molecule has 0 radical (unpaired) electrons. The van der Waals surface area contributed by atoms with Crippen molar-refractivity contribution in [1.82, 2.24) is 0 Å². The lowest BCUT2D eigenvalue weighted by molar-refractivity contribution is 0.593. The van der Waals surface area contributed by atoms with Gasteiger partial charge in [0.1, 0.15) is 0 Å². The molecule has 2 aromatic carbocycles. The Labute approximate surface area is 151 Å². The largest absolute Gasteiger partial charge is 0.264 e. The van der Waals surface area contributed by atoms with Gasteiger partial charge >= 0.3 is 0 Å². The summed E-state index contributed by atoms with van der Waals surface area (Å²) in [4.78, 5) is 1.19. The molecule has 0 aliphatic heterocycles. The highest BCUT2D eigenvalue weighted by Gasteiger charge is 2.24. The van der Waals surface area contributed by atoms with E-state index in [1.165, 1.54) is 10.4 Å². The van der Waals surface area contributed by atoms with E-state index in [0.717, 1.165) is 4.90 Å². The number of hydrogen-bond acceptors (Lipinski definition) is 3. The summed E-state index contributed by atoms with van der Waals surface area (Å²) in [5.41, 5.74) is 0.399. The molecule has 0 N–H and O–H groups in total. The van der Waals surface area contributed by atoms with Crippen LogP contribution < -0.4 is 4.31 Å². The first kappa shape index (κ1) is 18.2. The van der Waals surface area contributed by atoms with Crippen molar-refractivity contribution in [2.45, 2.75) is 9.79 Å². The van der Waals surface area contributed by atoms with Crippen molar-refractivity contribution in [2.75, 3.05) is 17.1 Å². The van der Waals surface area contributed by atoms with Crippen molar-refractivity contribution >= 4 is 50.7 Å². The first-order chi connectivity index (χ1) is 10.9. The van der Waals surface area contributed by atoms with E-state index in [4.69, 9.17) is 23.2 Å².